The molecule has 166 valence electrons. The van der Waals surface area contributed by atoms with Gasteiger partial charge >= 0.3 is 0 Å². The molecule has 0 aromatic heterocycles. The largest absolute Gasteiger partial charge is 0.507 e. The van der Waals surface area contributed by atoms with E-state index in [4.69, 9.17) is 0 Å². The van der Waals surface area contributed by atoms with Crippen LogP contribution in [0.2, 0.25) is 0 Å². The van der Waals surface area contributed by atoms with Gasteiger partial charge in [-0.25, -0.2) is 8.78 Å². The number of hydrogen-bond acceptors (Lipinski definition) is 4. The van der Waals surface area contributed by atoms with E-state index in [9.17, 15) is 19.0 Å². The molecule has 0 unspecified atom stereocenters. The number of aromatic hydroxyl groups is 2. The molecule has 0 spiro atoms. The van der Waals surface area contributed by atoms with E-state index < -0.39 is 11.6 Å². The van der Waals surface area contributed by atoms with E-state index in [-0.39, 0.29) is 33.4 Å². The lowest BCUT2D eigenvalue weighted by atomic mass is 10.0. The smallest absolute Gasteiger partial charge is 0.131 e. The van der Waals surface area contributed by atoms with E-state index in [1.165, 1.54) is 36.7 Å². The fourth-order valence-corrected chi connectivity index (χ4v) is 3.91. The van der Waals surface area contributed by atoms with Gasteiger partial charge in [-0.15, -0.1) is 0 Å². The Kier molecular flexibility index (Phi) is 5.47. The number of benzene rings is 5. The molecule has 0 saturated carbocycles. The van der Waals surface area contributed by atoms with Crippen LogP contribution in [0, 0.1) is 11.6 Å². The summed E-state index contributed by atoms with van der Waals surface area (Å²) in [7, 11) is 0. The van der Waals surface area contributed by atoms with Crippen molar-refractivity contribution in [2.45, 2.75) is 0 Å². The molecule has 34 heavy (non-hydrogen) atoms. The van der Waals surface area contributed by atoms with Crippen molar-refractivity contribution in [3.63, 3.8) is 0 Å². The van der Waals surface area contributed by atoms with Crippen molar-refractivity contribution in [2.75, 3.05) is 0 Å². The fourth-order valence-electron chi connectivity index (χ4n) is 3.91. The Labute approximate surface area is 193 Å². The molecule has 0 bridgehead atoms. The number of phenolic OH excluding ortho intramolecular Hbond substituents is 2. The lowest BCUT2D eigenvalue weighted by Crippen LogP contribution is -1.90. The molecular weight excluding hydrogens is 434 g/mol. The minimum Gasteiger partial charge on any atom is -0.507 e. The SMILES string of the molecule is Oc1ccc2cccc(F)c2c1C=Nc1ccccc1N=Cc1c(O)ccc2cccc(F)c12. The Balaban J connectivity index is 1.57. The fraction of sp³-hybridized carbons (Fsp3) is 0. The molecule has 0 aliphatic heterocycles. The first-order chi connectivity index (χ1) is 16.5. The van der Waals surface area contributed by atoms with Gasteiger partial charge in [0.05, 0.1) is 11.4 Å². The molecule has 0 aliphatic carbocycles. The van der Waals surface area contributed by atoms with Gasteiger partial charge in [-0.1, -0.05) is 48.5 Å². The molecule has 0 saturated heterocycles. The molecular formula is C28H18F2N2O2. The predicted octanol–water partition coefficient (Wildman–Crippen LogP) is 7.18. The maximum absolute atomic E-state index is 14.5. The monoisotopic (exact) mass is 452 g/mol. The first-order valence-corrected chi connectivity index (χ1v) is 10.5. The zero-order valence-electron chi connectivity index (χ0n) is 17.8. The summed E-state index contributed by atoms with van der Waals surface area (Å²) < 4.78 is 29.0. The molecule has 0 fully saturated rings. The highest BCUT2D eigenvalue weighted by atomic mass is 19.1. The molecule has 0 radical (unpaired) electrons. The minimum atomic E-state index is -0.463. The van der Waals surface area contributed by atoms with Crippen molar-refractivity contribution in [1.82, 2.24) is 0 Å². The standard InChI is InChI=1S/C28H18F2N2O2/c29-21-7-3-5-17-11-13-25(33)19(27(17)21)15-31-23-9-1-2-10-24(23)32-16-20-26(34)14-12-18-6-4-8-22(30)28(18)20/h1-16,33-34H. The third-order valence-electron chi connectivity index (χ3n) is 5.57. The van der Waals surface area contributed by atoms with E-state index >= 15 is 0 Å². The van der Waals surface area contributed by atoms with Crippen molar-refractivity contribution in [3.05, 3.63) is 108 Å². The molecule has 5 aromatic rings. The second kappa shape index (κ2) is 8.75. The van der Waals surface area contributed by atoms with E-state index in [0.717, 1.165) is 0 Å². The number of aliphatic imine (C=N–C) groups is 2. The van der Waals surface area contributed by atoms with Crippen molar-refractivity contribution in [1.29, 1.82) is 0 Å². The average molecular weight is 452 g/mol. The Morgan fingerprint density at radius 1 is 0.529 bits per heavy atom. The first-order valence-electron chi connectivity index (χ1n) is 10.5. The van der Waals surface area contributed by atoms with Gasteiger partial charge in [0.2, 0.25) is 0 Å². The van der Waals surface area contributed by atoms with Gasteiger partial charge < -0.3 is 10.2 Å². The van der Waals surface area contributed by atoms with E-state index in [2.05, 4.69) is 9.98 Å². The molecule has 2 N–H and O–H groups in total. The molecule has 6 heteroatoms. The van der Waals surface area contributed by atoms with Gasteiger partial charge in [0, 0.05) is 34.3 Å². The quantitative estimate of drug-likeness (QED) is 0.284. The summed E-state index contributed by atoms with van der Waals surface area (Å²) in [6.07, 6.45) is 2.79. The third kappa shape index (κ3) is 3.86. The van der Waals surface area contributed by atoms with Gasteiger partial charge in [0.1, 0.15) is 23.1 Å². The molecule has 0 aliphatic rings. The van der Waals surface area contributed by atoms with E-state index in [1.807, 2.05) is 0 Å². The summed E-state index contributed by atoms with van der Waals surface area (Å²) in [5.74, 6) is -1.12. The lowest BCUT2D eigenvalue weighted by molar-refractivity contribution is 0.474. The van der Waals surface area contributed by atoms with Crippen LogP contribution in [0.1, 0.15) is 11.1 Å². The number of fused-ring (bicyclic) bond motifs is 2. The number of nitrogens with zero attached hydrogens (tertiary/aromatic N) is 2. The summed E-state index contributed by atoms with van der Waals surface area (Å²) in [4.78, 5) is 8.88. The van der Waals surface area contributed by atoms with Crippen LogP contribution in [-0.4, -0.2) is 22.6 Å². The molecule has 5 aromatic carbocycles. The van der Waals surface area contributed by atoms with Crippen molar-refractivity contribution in [2.24, 2.45) is 9.98 Å². The van der Waals surface area contributed by atoms with Crippen LogP contribution in [0.4, 0.5) is 20.2 Å². The van der Waals surface area contributed by atoms with Crippen LogP contribution in [0.3, 0.4) is 0 Å². The van der Waals surface area contributed by atoms with Gasteiger partial charge in [-0.05, 0) is 47.2 Å². The van der Waals surface area contributed by atoms with Gasteiger partial charge in [-0.2, -0.15) is 0 Å². The number of hydrogen-bond donors (Lipinski definition) is 2. The first kappa shape index (κ1) is 21.3. The molecule has 0 heterocycles. The summed E-state index contributed by atoms with van der Waals surface area (Å²) in [5.41, 5.74) is 1.41. The zero-order valence-corrected chi connectivity index (χ0v) is 17.8. The summed E-state index contributed by atoms with van der Waals surface area (Å²) >= 11 is 0. The topological polar surface area (TPSA) is 65.2 Å². The Hall–Kier alpha value is -4.58. The summed E-state index contributed by atoms with van der Waals surface area (Å²) in [6, 6.07) is 22.6. The highest BCUT2D eigenvalue weighted by molar-refractivity contribution is 6.05. The Morgan fingerprint density at radius 2 is 0.971 bits per heavy atom. The van der Waals surface area contributed by atoms with E-state index in [0.29, 0.717) is 22.1 Å². The van der Waals surface area contributed by atoms with Crippen molar-refractivity contribution in [3.8, 4) is 11.5 Å². The van der Waals surface area contributed by atoms with Crippen LogP contribution in [0.25, 0.3) is 21.5 Å². The normalized spacial score (nSPS) is 11.8. The third-order valence-corrected chi connectivity index (χ3v) is 5.57. The Morgan fingerprint density at radius 3 is 1.41 bits per heavy atom. The van der Waals surface area contributed by atoms with E-state index in [1.54, 1.807) is 60.7 Å². The average Bonchev–Trinajstić information content (AvgIpc) is 2.84. The number of rotatable bonds is 4. The lowest BCUT2D eigenvalue weighted by Gasteiger charge is -2.07. The molecule has 4 nitrogen and oxygen atoms in total. The minimum absolute atomic E-state index is 0.0986. The maximum atomic E-state index is 14.5. The second-order valence-corrected chi connectivity index (χ2v) is 7.68. The van der Waals surface area contributed by atoms with Crippen LogP contribution in [0.5, 0.6) is 11.5 Å². The van der Waals surface area contributed by atoms with Crippen LogP contribution >= 0.6 is 0 Å². The number of para-hydroxylation sites is 2. The van der Waals surface area contributed by atoms with Crippen molar-refractivity contribution < 1.29 is 19.0 Å². The Bertz CT molecular complexity index is 1490. The van der Waals surface area contributed by atoms with Crippen LogP contribution in [0.15, 0.2) is 94.9 Å². The van der Waals surface area contributed by atoms with Gasteiger partial charge in [0.25, 0.3) is 0 Å². The van der Waals surface area contributed by atoms with Gasteiger partial charge in [0.15, 0.2) is 0 Å². The number of halogens is 2. The predicted molar refractivity (Wildman–Crippen MR) is 132 cm³/mol. The maximum Gasteiger partial charge on any atom is 0.131 e. The number of phenols is 2. The van der Waals surface area contributed by atoms with Crippen LogP contribution in [-0.2, 0) is 0 Å². The molecule has 0 amide bonds. The molecule has 5 rings (SSSR count). The van der Waals surface area contributed by atoms with Crippen molar-refractivity contribution >= 4 is 45.3 Å². The summed E-state index contributed by atoms with van der Waals surface area (Å²) in [6.45, 7) is 0. The van der Waals surface area contributed by atoms with Crippen LogP contribution < -0.4 is 0 Å². The molecule has 0 atom stereocenters. The second-order valence-electron chi connectivity index (χ2n) is 7.68. The highest BCUT2D eigenvalue weighted by Crippen LogP contribution is 2.32. The summed E-state index contributed by atoms with van der Waals surface area (Å²) in [5, 5.41) is 22.5. The van der Waals surface area contributed by atoms with Gasteiger partial charge in [-0.3, -0.25) is 9.98 Å². The highest BCUT2D eigenvalue weighted by Gasteiger charge is 2.11. The zero-order chi connectivity index (χ0) is 23.7.